The van der Waals surface area contributed by atoms with Gasteiger partial charge in [-0.2, -0.15) is 0 Å². The molecule has 0 unspecified atom stereocenters. The molecule has 1 heterocycles. The number of esters is 2. The monoisotopic (exact) mass is 552 g/mol. The molecule has 0 aromatic heterocycles. The molecule has 0 bridgehead atoms. The fourth-order valence-corrected chi connectivity index (χ4v) is 5.06. The van der Waals surface area contributed by atoms with Gasteiger partial charge in [0.05, 0.1) is 30.8 Å². The zero-order valence-corrected chi connectivity index (χ0v) is 25.1. The van der Waals surface area contributed by atoms with E-state index in [0.29, 0.717) is 19.3 Å². The van der Waals surface area contributed by atoms with Crippen molar-refractivity contribution in [3.8, 4) is 0 Å². The van der Waals surface area contributed by atoms with Crippen LogP contribution in [0.1, 0.15) is 80.6 Å². The molecule has 1 aliphatic rings. The van der Waals surface area contributed by atoms with Crippen molar-refractivity contribution in [2.24, 2.45) is 23.7 Å². The summed E-state index contributed by atoms with van der Waals surface area (Å²) in [5.41, 5.74) is 0.780. The van der Waals surface area contributed by atoms with Gasteiger partial charge in [0.2, 0.25) is 0 Å². The SMILES string of the molecule is CC[C@H](OC)[C@@H](C)C[C@H](O)[C@@H](O)[C@H](C)/C=C/C=C(\C)[C@H]1OC(=O)C[C@H](O)CC[C@H](C)[C@@H](OC(C)=O)/C=C/[C@@H]1C. The van der Waals surface area contributed by atoms with Gasteiger partial charge in [0.25, 0.3) is 0 Å². The van der Waals surface area contributed by atoms with E-state index in [-0.39, 0.29) is 42.2 Å². The van der Waals surface area contributed by atoms with Crippen LogP contribution in [0.4, 0.5) is 0 Å². The van der Waals surface area contributed by atoms with Crippen molar-refractivity contribution >= 4 is 11.9 Å². The van der Waals surface area contributed by atoms with Crippen molar-refractivity contribution in [1.82, 2.24) is 0 Å². The van der Waals surface area contributed by atoms with E-state index in [9.17, 15) is 24.9 Å². The maximum Gasteiger partial charge on any atom is 0.309 e. The number of carbonyl (C=O) groups excluding carboxylic acids is 2. The van der Waals surface area contributed by atoms with Crippen LogP contribution in [0, 0.1) is 23.7 Å². The highest BCUT2D eigenvalue weighted by Gasteiger charge is 2.28. The fourth-order valence-electron chi connectivity index (χ4n) is 5.06. The average molecular weight is 553 g/mol. The second kappa shape index (κ2) is 17.6. The van der Waals surface area contributed by atoms with Crippen LogP contribution >= 0.6 is 0 Å². The summed E-state index contributed by atoms with van der Waals surface area (Å²) in [5.74, 6) is -1.29. The quantitative estimate of drug-likeness (QED) is 0.194. The average Bonchev–Trinajstić information content (AvgIpc) is 2.87. The smallest absolute Gasteiger partial charge is 0.309 e. The summed E-state index contributed by atoms with van der Waals surface area (Å²) in [6.45, 7) is 13.0. The molecule has 0 saturated heterocycles. The normalized spacial score (nSPS) is 30.3. The third-order valence-corrected chi connectivity index (χ3v) is 7.67. The maximum atomic E-state index is 12.6. The van der Waals surface area contributed by atoms with Gasteiger partial charge in [-0.15, -0.1) is 0 Å². The number of aliphatic hydroxyl groups excluding tert-OH is 3. The summed E-state index contributed by atoms with van der Waals surface area (Å²) in [4.78, 5) is 24.2. The van der Waals surface area contributed by atoms with E-state index < -0.39 is 36.5 Å². The number of rotatable bonds is 11. The van der Waals surface area contributed by atoms with Crippen molar-refractivity contribution in [1.29, 1.82) is 0 Å². The van der Waals surface area contributed by atoms with Gasteiger partial charge in [0, 0.05) is 25.9 Å². The van der Waals surface area contributed by atoms with Crippen LogP contribution < -0.4 is 0 Å². The van der Waals surface area contributed by atoms with E-state index in [1.165, 1.54) is 6.92 Å². The molecule has 0 amide bonds. The third-order valence-electron chi connectivity index (χ3n) is 7.67. The molecule has 1 aliphatic heterocycles. The first-order valence-corrected chi connectivity index (χ1v) is 14.3. The lowest BCUT2D eigenvalue weighted by Gasteiger charge is -2.28. The Labute approximate surface area is 235 Å². The molecule has 0 radical (unpaired) electrons. The molecule has 0 aromatic rings. The number of methoxy groups -OCH3 is 1. The molecule has 3 N–H and O–H groups in total. The van der Waals surface area contributed by atoms with Crippen LogP contribution in [0.15, 0.2) is 36.0 Å². The van der Waals surface area contributed by atoms with Crippen molar-refractivity contribution in [2.75, 3.05) is 7.11 Å². The number of cyclic esters (lactones) is 1. The number of allylic oxidation sites excluding steroid dienone is 2. The summed E-state index contributed by atoms with van der Waals surface area (Å²) in [6, 6.07) is 0. The first kappa shape index (κ1) is 35.0. The minimum Gasteiger partial charge on any atom is -0.458 e. The minimum atomic E-state index is -0.936. The van der Waals surface area contributed by atoms with Crippen LogP contribution in [0.2, 0.25) is 0 Å². The maximum absolute atomic E-state index is 12.6. The van der Waals surface area contributed by atoms with Crippen molar-refractivity contribution in [3.05, 3.63) is 36.0 Å². The molecule has 0 saturated carbocycles. The molecule has 8 heteroatoms. The number of hydrogen-bond acceptors (Lipinski definition) is 8. The number of carbonyl (C=O) groups is 2. The van der Waals surface area contributed by atoms with Gasteiger partial charge in [-0.05, 0) is 56.1 Å². The summed E-state index contributed by atoms with van der Waals surface area (Å²) in [5, 5.41) is 31.6. The first-order chi connectivity index (χ1) is 18.3. The highest BCUT2D eigenvalue weighted by atomic mass is 16.5. The summed E-state index contributed by atoms with van der Waals surface area (Å²) in [7, 11) is 1.66. The molecule has 0 aromatic carbocycles. The van der Waals surface area contributed by atoms with E-state index in [1.807, 2.05) is 65.8 Å². The van der Waals surface area contributed by atoms with E-state index in [4.69, 9.17) is 14.2 Å². The highest BCUT2D eigenvalue weighted by molar-refractivity contribution is 5.70. The van der Waals surface area contributed by atoms with E-state index in [1.54, 1.807) is 13.2 Å². The van der Waals surface area contributed by atoms with Crippen molar-refractivity contribution in [3.63, 3.8) is 0 Å². The minimum absolute atomic E-state index is 0.0194. The zero-order chi connectivity index (χ0) is 29.7. The van der Waals surface area contributed by atoms with Gasteiger partial charge in [0.15, 0.2) is 0 Å². The van der Waals surface area contributed by atoms with Gasteiger partial charge >= 0.3 is 11.9 Å². The highest BCUT2D eigenvalue weighted by Crippen LogP contribution is 2.25. The standard InChI is InChI=1S/C31H52O8/c1-9-27(37-8)23(6)17-26(34)30(36)20(3)11-10-12-21(4)31-22(5)14-16-28(38-24(7)32)19(2)13-15-25(33)18-29(35)39-31/h10-12,14,16,19-20,22-23,25-28,30-31,33-34,36H,9,13,15,17-18H2,1-8H3/b11-10+,16-14+,21-12+/t19-,20+,22-,23-,25+,26-,27-,28-,30-,31+/m0/s1. The lowest BCUT2D eigenvalue weighted by Crippen LogP contribution is -2.35. The predicted octanol–water partition coefficient (Wildman–Crippen LogP) is 4.51. The fraction of sp³-hybridized carbons (Fsp3) is 0.742. The second-order valence-electron chi connectivity index (χ2n) is 11.2. The van der Waals surface area contributed by atoms with E-state index in [2.05, 4.69) is 0 Å². The Bertz CT molecular complexity index is 830. The topological polar surface area (TPSA) is 123 Å². The van der Waals surface area contributed by atoms with Crippen LogP contribution in [-0.4, -0.2) is 71.0 Å². The Kier molecular flexibility index (Phi) is 15.8. The largest absolute Gasteiger partial charge is 0.458 e. The molecular weight excluding hydrogens is 500 g/mol. The van der Waals surface area contributed by atoms with Crippen LogP contribution in [-0.2, 0) is 23.8 Å². The predicted molar refractivity (Wildman–Crippen MR) is 152 cm³/mol. The second-order valence-corrected chi connectivity index (χ2v) is 11.2. The van der Waals surface area contributed by atoms with Gasteiger partial charge in [-0.1, -0.05) is 58.9 Å². The Hall–Kier alpha value is -2.00. The van der Waals surface area contributed by atoms with E-state index in [0.717, 1.165) is 12.0 Å². The number of aliphatic hydroxyl groups is 3. The number of ether oxygens (including phenoxy) is 3. The van der Waals surface area contributed by atoms with Crippen molar-refractivity contribution in [2.45, 2.75) is 117 Å². The molecular formula is C31H52O8. The van der Waals surface area contributed by atoms with Gasteiger partial charge in [-0.3, -0.25) is 9.59 Å². The van der Waals surface area contributed by atoms with Crippen LogP contribution in [0.25, 0.3) is 0 Å². The van der Waals surface area contributed by atoms with E-state index >= 15 is 0 Å². The zero-order valence-electron chi connectivity index (χ0n) is 25.1. The summed E-state index contributed by atoms with van der Waals surface area (Å²) >= 11 is 0. The summed E-state index contributed by atoms with van der Waals surface area (Å²) < 4.78 is 16.7. The van der Waals surface area contributed by atoms with Gasteiger partial charge in [0.1, 0.15) is 12.2 Å². The molecule has 0 aliphatic carbocycles. The first-order valence-electron chi connectivity index (χ1n) is 14.3. The lowest BCUT2D eigenvalue weighted by molar-refractivity contribution is -0.151. The van der Waals surface area contributed by atoms with Crippen LogP contribution in [0.5, 0.6) is 0 Å². The lowest BCUT2D eigenvalue weighted by atomic mass is 9.89. The Morgan fingerprint density at radius 2 is 1.85 bits per heavy atom. The Morgan fingerprint density at radius 3 is 2.44 bits per heavy atom. The number of hydrogen-bond donors (Lipinski definition) is 3. The Balaban J connectivity index is 3.03. The van der Waals surface area contributed by atoms with Crippen molar-refractivity contribution < 1.29 is 39.1 Å². The van der Waals surface area contributed by atoms with Gasteiger partial charge in [-0.25, -0.2) is 0 Å². The molecule has 1 rings (SSSR count). The molecule has 224 valence electrons. The van der Waals surface area contributed by atoms with Crippen LogP contribution in [0.3, 0.4) is 0 Å². The molecule has 39 heavy (non-hydrogen) atoms. The molecule has 8 nitrogen and oxygen atoms in total. The van der Waals surface area contributed by atoms with Gasteiger partial charge < -0.3 is 29.5 Å². The Morgan fingerprint density at radius 1 is 1.18 bits per heavy atom. The summed E-state index contributed by atoms with van der Waals surface area (Å²) in [6.07, 6.45) is 7.66. The third kappa shape index (κ3) is 12.4. The molecule has 10 atom stereocenters. The molecule has 0 spiro atoms. The molecule has 0 fully saturated rings.